The zero-order valence-corrected chi connectivity index (χ0v) is 12.6. The van der Waals surface area contributed by atoms with E-state index in [1.165, 1.54) is 29.4 Å². The van der Waals surface area contributed by atoms with Crippen LogP contribution in [-0.4, -0.2) is 21.5 Å². The monoisotopic (exact) mass is 320 g/mol. The van der Waals surface area contributed by atoms with E-state index in [0.29, 0.717) is 15.0 Å². The largest absolute Gasteiger partial charge is 0.292 e. The molecule has 1 aromatic carbocycles. The molecule has 3 nitrogen and oxygen atoms in total. The number of halogens is 1. The number of nitrogens with zero attached hydrogens (tertiary/aromatic N) is 2. The highest BCUT2D eigenvalue weighted by atomic mass is 35.5. The molecule has 2 aromatic heterocycles. The van der Waals surface area contributed by atoms with Gasteiger partial charge in [-0.1, -0.05) is 41.6 Å². The van der Waals surface area contributed by atoms with Crippen molar-refractivity contribution in [1.82, 2.24) is 9.97 Å². The van der Waals surface area contributed by atoms with Gasteiger partial charge in [-0.25, -0.2) is 9.97 Å². The molecule has 0 bridgehead atoms. The Morgan fingerprint density at radius 1 is 1.20 bits per heavy atom. The summed E-state index contributed by atoms with van der Waals surface area (Å²) in [6, 6.07) is 11.3. The molecule has 0 saturated carbocycles. The molecule has 0 N–H and O–H groups in total. The van der Waals surface area contributed by atoms with Gasteiger partial charge in [0.25, 0.3) is 0 Å². The lowest BCUT2D eigenvalue weighted by Gasteiger charge is -2.03. The third kappa shape index (κ3) is 2.85. The van der Waals surface area contributed by atoms with Crippen molar-refractivity contribution >= 4 is 51.4 Å². The lowest BCUT2D eigenvalue weighted by atomic mass is 10.2. The average molecular weight is 321 g/mol. The van der Waals surface area contributed by atoms with E-state index in [2.05, 4.69) is 9.97 Å². The molecule has 6 heteroatoms. The number of Topliss-reactive ketones (excluding diaryl/α,β-unsaturated/α-hetero) is 1. The zero-order chi connectivity index (χ0) is 13.9. The van der Waals surface area contributed by atoms with Gasteiger partial charge in [0, 0.05) is 5.39 Å². The fourth-order valence-corrected chi connectivity index (χ4v) is 3.71. The highest BCUT2D eigenvalue weighted by Crippen LogP contribution is 2.27. The number of ketones is 1. The molecule has 2 heterocycles. The van der Waals surface area contributed by atoms with Crippen LogP contribution in [0.2, 0.25) is 4.34 Å². The quantitative estimate of drug-likeness (QED) is 0.408. The molecule has 20 heavy (non-hydrogen) atoms. The number of para-hydroxylation sites is 1. The van der Waals surface area contributed by atoms with Crippen molar-refractivity contribution in [3.8, 4) is 0 Å². The molecular weight excluding hydrogens is 312 g/mol. The minimum absolute atomic E-state index is 0.0644. The molecular formula is C14H9ClN2OS2. The first-order chi connectivity index (χ1) is 9.74. The van der Waals surface area contributed by atoms with E-state index in [9.17, 15) is 4.79 Å². The highest BCUT2D eigenvalue weighted by molar-refractivity contribution is 8.00. The summed E-state index contributed by atoms with van der Waals surface area (Å²) in [5.74, 6) is 0.410. The van der Waals surface area contributed by atoms with Gasteiger partial charge in [0.15, 0.2) is 5.78 Å². The molecule has 0 fully saturated rings. The Morgan fingerprint density at radius 2 is 2.05 bits per heavy atom. The Balaban J connectivity index is 1.79. The van der Waals surface area contributed by atoms with Crippen molar-refractivity contribution in [1.29, 1.82) is 0 Å². The number of hydrogen-bond donors (Lipinski definition) is 0. The summed E-state index contributed by atoms with van der Waals surface area (Å²) < 4.78 is 0.630. The van der Waals surface area contributed by atoms with E-state index < -0.39 is 0 Å². The normalized spacial score (nSPS) is 10.8. The predicted molar refractivity (Wildman–Crippen MR) is 83.9 cm³/mol. The summed E-state index contributed by atoms with van der Waals surface area (Å²) in [5.41, 5.74) is 0.886. The molecule has 0 aliphatic carbocycles. The number of benzene rings is 1. The summed E-state index contributed by atoms with van der Waals surface area (Å²) in [6.07, 6.45) is 1.52. The van der Waals surface area contributed by atoms with E-state index in [-0.39, 0.29) is 5.78 Å². The number of rotatable bonds is 4. The van der Waals surface area contributed by atoms with Crippen LogP contribution in [0.5, 0.6) is 0 Å². The zero-order valence-electron chi connectivity index (χ0n) is 10.2. The smallest absolute Gasteiger partial charge is 0.183 e. The molecule has 3 rings (SSSR count). The molecule has 0 amide bonds. The van der Waals surface area contributed by atoms with Gasteiger partial charge in [0.2, 0.25) is 0 Å². The Bertz CT molecular complexity index is 767. The average Bonchev–Trinajstić information content (AvgIpc) is 2.91. The lowest BCUT2D eigenvalue weighted by Crippen LogP contribution is -2.00. The standard InChI is InChI=1S/C14H9ClN2OS2/c15-13-6-5-12(20-13)11(18)7-19-14-9-3-1-2-4-10(9)16-8-17-14/h1-6,8H,7H2. The number of carbonyl (C=O) groups excluding carboxylic acids is 1. The van der Waals surface area contributed by atoms with Gasteiger partial charge in [-0.05, 0) is 18.2 Å². The summed E-state index contributed by atoms with van der Waals surface area (Å²) in [7, 11) is 0. The Labute approximate surface area is 129 Å². The van der Waals surface area contributed by atoms with Crippen molar-refractivity contribution in [2.45, 2.75) is 5.03 Å². The molecule has 0 aliphatic rings. The van der Waals surface area contributed by atoms with Crippen molar-refractivity contribution in [3.63, 3.8) is 0 Å². The maximum Gasteiger partial charge on any atom is 0.183 e. The van der Waals surface area contributed by atoms with Gasteiger partial charge in [-0.2, -0.15) is 0 Å². The molecule has 0 aliphatic heterocycles. The van der Waals surface area contributed by atoms with Crippen LogP contribution in [-0.2, 0) is 0 Å². The van der Waals surface area contributed by atoms with Crippen molar-refractivity contribution in [2.24, 2.45) is 0 Å². The van der Waals surface area contributed by atoms with E-state index in [4.69, 9.17) is 11.6 Å². The van der Waals surface area contributed by atoms with Crippen molar-refractivity contribution in [3.05, 3.63) is 51.9 Å². The third-order valence-electron chi connectivity index (χ3n) is 2.69. The minimum atomic E-state index is 0.0644. The van der Waals surface area contributed by atoms with Crippen molar-refractivity contribution < 1.29 is 4.79 Å². The molecule has 0 atom stereocenters. The van der Waals surface area contributed by atoms with Crippen LogP contribution in [0.25, 0.3) is 10.9 Å². The van der Waals surface area contributed by atoms with Crippen LogP contribution in [0, 0.1) is 0 Å². The molecule has 0 saturated heterocycles. The number of aromatic nitrogens is 2. The van der Waals surface area contributed by atoms with Gasteiger partial charge in [0.1, 0.15) is 11.4 Å². The Kier molecular flexibility index (Phi) is 4.00. The molecule has 0 radical (unpaired) electrons. The lowest BCUT2D eigenvalue weighted by molar-refractivity contribution is 0.102. The molecule has 0 unspecified atom stereocenters. The molecule has 100 valence electrons. The summed E-state index contributed by atoms with van der Waals surface area (Å²) in [6.45, 7) is 0. The second-order valence-electron chi connectivity index (χ2n) is 4.01. The summed E-state index contributed by atoms with van der Waals surface area (Å²) in [4.78, 5) is 21.2. The van der Waals surface area contributed by atoms with Crippen LogP contribution in [0.1, 0.15) is 9.67 Å². The summed E-state index contributed by atoms with van der Waals surface area (Å²) in [5, 5.41) is 1.80. The van der Waals surface area contributed by atoms with E-state index in [0.717, 1.165) is 15.9 Å². The summed E-state index contributed by atoms with van der Waals surface area (Å²) >= 11 is 8.57. The second-order valence-corrected chi connectivity index (χ2v) is 6.69. The second kappa shape index (κ2) is 5.91. The van der Waals surface area contributed by atoms with E-state index in [1.54, 1.807) is 12.1 Å². The van der Waals surface area contributed by atoms with Crippen LogP contribution in [0.15, 0.2) is 47.8 Å². The number of carbonyl (C=O) groups is 1. The van der Waals surface area contributed by atoms with Crippen molar-refractivity contribution in [2.75, 3.05) is 5.75 Å². The third-order valence-corrected chi connectivity index (χ3v) is 4.97. The van der Waals surface area contributed by atoms with Crippen LogP contribution in [0.4, 0.5) is 0 Å². The van der Waals surface area contributed by atoms with Crippen LogP contribution in [0.3, 0.4) is 0 Å². The van der Waals surface area contributed by atoms with E-state index >= 15 is 0 Å². The van der Waals surface area contributed by atoms with Gasteiger partial charge >= 0.3 is 0 Å². The SMILES string of the molecule is O=C(CSc1ncnc2ccccc12)c1ccc(Cl)s1. The topological polar surface area (TPSA) is 42.9 Å². The minimum Gasteiger partial charge on any atom is -0.292 e. The van der Waals surface area contributed by atoms with Crippen LogP contribution < -0.4 is 0 Å². The van der Waals surface area contributed by atoms with E-state index in [1.807, 2.05) is 24.3 Å². The number of thiophene rings is 1. The maximum absolute atomic E-state index is 12.1. The fraction of sp³-hybridized carbons (Fsp3) is 0.0714. The van der Waals surface area contributed by atoms with Crippen LogP contribution >= 0.6 is 34.7 Å². The Hall–Kier alpha value is -1.43. The first-order valence-electron chi connectivity index (χ1n) is 5.85. The van der Waals surface area contributed by atoms with Gasteiger partial charge in [-0.15, -0.1) is 11.3 Å². The molecule has 3 aromatic rings. The van der Waals surface area contributed by atoms with Gasteiger partial charge in [0.05, 0.1) is 20.5 Å². The number of fused-ring (bicyclic) bond motifs is 1. The number of hydrogen-bond acceptors (Lipinski definition) is 5. The number of thioether (sulfide) groups is 1. The highest BCUT2D eigenvalue weighted by Gasteiger charge is 2.11. The maximum atomic E-state index is 12.1. The Morgan fingerprint density at radius 3 is 2.85 bits per heavy atom. The molecule has 0 spiro atoms. The first-order valence-corrected chi connectivity index (χ1v) is 8.03. The first kappa shape index (κ1) is 13.5. The fourth-order valence-electron chi connectivity index (χ4n) is 1.76. The van der Waals surface area contributed by atoms with Gasteiger partial charge < -0.3 is 0 Å². The van der Waals surface area contributed by atoms with Gasteiger partial charge in [-0.3, -0.25) is 4.79 Å². The predicted octanol–water partition coefficient (Wildman–Crippen LogP) is 4.32.